The van der Waals surface area contributed by atoms with Crippen LogP contribution in [0.1, 0.15) is 44.9 Å². The highest BCUT2D eigenvalue weighted by Gasteiger charge is 2.43. The van der Waals surface area contributed by atoms with Crippen LogP contribution in [0.4, 0.5) is 0 Å². The average molecular weight is 260 g/mol. The van der Waals surface area contributed by atoms with Gasteiger partial charge >= 0.3 is 0 Å². The van der Waals surface area contributed by atoms with E-state index in [4.69, 9.17) is 5.73 Å². The second-order valence-electron chi connectivity index (χ2n) is 5.22. The molecule has 0 aromatic heterocycles. The van der Waals surface area contributed by atoms with Crippen molar-refractivity contribution in [3.05, 3.63) is 0 Å². The Bertz CT molecular complexity index is 395. The molecule has 0 aliphatic heterocycles. The zero-order chi connectivity index (χ0) is 12.5. The van der Waals surface area contributed by atoms with Gasteiger partial charge in [0.05, 0.1) is 10.7 Å². The Morgan fingerprint density at radius 2 is 1.82 bits per heavy atom. The maximum Gasteiger partial charge on any atom is 0.240 e. The minimum absolute atomic E-state index is 0.235. The Morgan fingerprint density at radius 3 is 2.29 bits per heavy atom. The number of carbonyl (C=O) groups is 1. The Hall–Kier alpha value is -0.620. The summed E-state index contributed by atoms with van der Waals surface area (Å²) in [6.45, 7) is 0.235. The molecule has 1 amide bonds. The molecule has 2 fully saturated rings. The van der Waals surface area contributed by atoms with Crippen molar-refractivity contribution in [2.75, 3.05) is 6.54 Å². The first-order chi connectivity index (χ1) is 8.00. The highest BCUT2D eigenvalue weighted by atomic mass is 32.2. The average Bonchev–Trinajstić information content (AvgIpc) is 3.13. The molecule has 2 saturated carbocycles. The van der Waals surface area contributed by atoms with Crippen molar-refractivity contribution >= 4 is 15.9 Å². The second-order valence-corrected chi connectivity index (χ2v) is 7.18. The molecule has 6 heteroatoms. The van der Waals surface area contributed by atoms with E-state index in [0.29, 0.717) is 25.7 Å². The quantitative estimate of drug-likeness (QED) is 0.770. The molecule has 2 aliphatic carbocycles. The van der Waals surface area contributed by atoms with Crippen LogP contribution >= 0.6 is 0 Å². The summed E-state index contributed by atoms with van der Waals surface area (Å²) >= 11 is 0. The Labute approximate surface area is 102 Å². The highest BCUT2D eigenvalue weighted by Crippen LogP contribution is 2.36. The van der Waals surface area contributed by atoms with Crippen LogP contribution < -0.4 is 10.5 Å². The number of nitrogens with one attached hydrogen (secondary N) is 1. The van der Waals surface area contributed by atoms with Gasteiger partial charge < -0.3 is 5.73 Å². The third-order valence-electron chi connectivity index (χ3n) is 3.88. The number of amides is 1. The summed E-state index contributed by atoms with van der Waals surface area (Å²) in [4.78, 5) is 12.1. The molecule has 17 heavy (non-hydrogen) atoms. The summed E-state index contributed by atoms with van der Waals surface area (Å²) in [6, 6.07) is 0. The van der Waals surface area contributed by atoms with E-state index in [9.17, 15) is 13.2 Å². The molecule has 2 rings (SSSR count). The number of carbonyl (C=O) groups excluding carboxylic acids is 1. The zero-order valence-corrected chi connectivity index (χ0v) is 10.8. The molecule has 0 spiro atoms. The molecule has 0 bridgehead atoms. The smallest absolute Gasteiger partial charge is 0.240 e. The Balaban J connectivity index is 2.06. The molecule has 0 radical (unpaired) electrons. The summed E-state index contributed by atoms with van der Waals surface area (Å²) in [5.74, 6) is -0.383. The molecule has 2 aliphatic rings. The monoisotopic (exact) mass is 260 g/mol. The molecular formula is C11H20N2O3S. The van der Waals surface area contributed by atoms with Crippen molar-refractivity contribution < 1.29 is 13.2 Å². The van der Waals surface area contributed by atoms with Crippen LogP contribution in [0.3, 0.4) is 0 Å². The first-order valence-electron chi connectivity index (χ1n) is 6.26. The minimum Gasteiger partial charge on any atom is -0.329 e. The van der Waals surface area contributed by atoms with Crippen LogP contribution in [0, 0.1) is 5.41 Å². The van der Waals surface area contributed by atoms with Gasteiger partial charge in [0.15, 0.2) is 0 Å². The maximum atomic E-state index is 12.1. The third-order valence-corrected chi connectivity index (χ3v) is 5.70. The Morgan fingerprint density at radius 1 is 1.24 bits per heavy atom. The SMILES string of the molecule is NCC1(C(=O)NS(=O)(=O)C2CC2)CCCCC1. The summed E-state index contributed by atoms with van der Waals surface area (Å²) in [7, 11) is -3.44. The fourth-order valence-electron chi connectivity index (χ4n) is 2.45. The van der Waals surface area contributed by atoms with E-state index in [2.05, 4.69) is 4.72 Å². The lowest BCUT2D eigenvalue weighted by atomic mass is 9.73. The summed E-state index contributed by atoms with van der Waals surface area (Å²) in [5, 5.41) is -0.357. The molecule has 0 aromatic carbocycles. The van der Waals surface area contributed by atoms with E-state index < -0.39 is 15.4 Å². The second kappa shape index (κ2) is 4.57. The van der Waals surface area contributed by atoms with Gasteiger partial charge in [0.1, 0.15) is 0 Å². The number of rotatable bonds is 4. The maximum absolute atomic E-state index is 12.1. The van der Waals surface area contributed by atoms with Gasteiger partial charge in [-0.2, -0.15) is 0 Å². The topological polar surface area (TPSA) is 89.3 Å². The van der Waals surface area contributed by atoms with Gasteiger partial charge in [-0.1, -0.05) is 19.3 Å². The van der Waals surface area contributed by atoms with Crippen molar-refractivity contribution in [1.29, 1.82) is 0 Å². The van der Waals surface area contributed by atoms with E-state index in [-0.39, 0.29) is 17.7 Å². The summed E-state index contributed by atoms with van der Waals surface area (Å²) in [6.07, 6.45) is 5.74. The number of hydrogen-bond donors (Lipinski definition) is 2. The summed E-state index contributed by atoms with van der Waals surface area (Å²) < 4.78 is 25.7. The molecule has 3 N–H and O–H groups in total. The largest absolute Gasteiger partial charge is 0.329 e. The molecular weight excluding hydrogens is 240 g/mol. The number of sulfonamides is 1. The lowest BCUT2D eigenvalue weighted by Gasteiger charge is -2.34. The lowest BCUT2D eigenvalue weighted by Crippen LogP contribution is -2.49. The fourth-order valence-corrected chi connectivity index (χ4v) is 3.85. The Kier molecular flexibility index (Phi) is 3.45. The number of hydrogen-bond acceptors (Lipinski definition) is 4. The normalized spacial score (nSPS) is 24.3. The van der Waals surface area contributed by atoms with Crippen molar-refractivity contribution in [2.24, 2.45) is 11.1 Å². The van der Waals surface area contributed by atoms with E-state index >= 15 is 0 Å². The highest BCUT2D eigenvalue weighted by molar-refractivity contribution is 7.90. The van der Waals surface area contributed by atoms with E-state index in [1.54, 1.807) is 0 Å². The van der Waals surface area contributed by atoms with Gasteiger partial charge in [-0.05, 0) is 25.7 Å². The molecule has 0 saturated heterocycles. The predicted octanol–water partition coefficient (Wildman–Crippen LogP) is 0.504. The van der Waals surface area contributed by atoms with Gasteiger partial charge in [0.25, 0.3) is 0 Å². The van der Waals surface area contributed by atoms with Crippen molar-refractivity contribution in [3.63, 3.8) is 0 Å². The van der Waals surface area contributed by atoms with E-state index in [1.807, 2.05) is 0 Å². The van der Waals surface area contributed by atoms with E-state index in [1.165, 1.54) is 0 Å². The third kappa shape index (κ3) is 2.63. The van der Waals surface area contributed by atoms with Crippen LogP contribution in [0.15, 0.2) is 0 Å². The molecule has 5 nitrogen and oxygen atoms in total. The van der Waals surface area contributed by atoms with E-state index in [0.717, 1.165) is 19.3 Å². The van der Waals surface area contributed by atoms with Crippen molar-refractivity contribution in [1.82, 2.24) is 4.72 Å². The first-order valence-corrected chi connectivity index (χ1v) is 7.81. The summed E-state index contributed by atoms with van der Waals surface area (Å²) in [5.41, 5.74) is 5.04. The van der Waals surface area contributed by atoms with Crippen LogP contribution in [0.5, 0.6) is 0 Å². The van der Waals surface area contributed by atoms with Gasteiger partial charge in [0, 0.05) is 6.54 Å². The molecule has 0 heterocycles. The fraction of sp³-hybridized carbons (Fsp3) is 0.909. The minimum atomic E-state index is -3.44. The van der Waals surface area contributed by atoms with Gasteiger partial charge in [-0.25, -0.2) is 8.42 Å². The van der Waals surface area contributed by atoms with Gasteiger partial charge in [-0.3, -0.25) is 9.52 Å². The zero-order valence-electron chi connectivity index (χ0n) is 9.94. The standard InChI is InChI=1S/C11H20N2O3S/c12-8-11(6-2-1-3-7-11)10(14)13-17(15,16)9-4-5-9/h9H,1-8,12H2,(H,13,14). The van der Waals surface area contributed by atoms with Crippen molar-refractivity contribution in [2.45, 2.75) is 50.2 Å². The van der Waals surface area contributed by atoms with Crippen LogP contribution in [-0.4, -0.2) is 26.1 Å². The van der Waals surface area contributed by atoms with Crippen molar-refractivity contribution in [3.8, 4) is 0 Å². The molecule has 98 valence electrons. The van der Waals surface area contributed by atoms with Gasteiger partial charge in [0.2, 0.25) is 15.9 Å². The molecule has 0 aromatic rings. The van der Waals surface area contributed by atoms with Gasteiger partial charge in [-0.15, -0.1) is 0 Å². The van der Waals surface area contributed by atoms with Crippen LogP contribution in [0.2, 0.25) is 0 Å². The predicted molar refractivity (Wildman–Crippen MR) is 64.7 cm³/mol. The first kappa shape index (κ1) is 12.8. The molecule has 0 unspecified atom stereocenters. The van der Waals surface area contributed by atoms with Crippen LogP contribution in [0.25, 0.3) is 0 Å². The van der Waals surface area contributed by atoms with Crippen LogP contribution in [-0.2, 0) is 14.8 Å². The lowest BCUT2D eigenvalue weighted by molar-refractivity contribution is -0.130. The number of nitrogens with two attached hydrogens (primary N) is 1. The molecule has 0 atom stereocenters.